The van der Waals surface area contributed by atoms with Crippen LogP contribution < -0.4 is 10.4 Å². The van der Waals surface area contributed by atoms with Crippen molar-refractivity contribution >= 4 is 11.9 Å². The van der Waals surface area contributed by atoms with E-state index in [1.165, 1.54) is 0 Å². The number of carboxylic acids is 1. The minimum absolute atomic E-state index is 0.149. The Morgan fingerprint density at radius 3 is 2.70 bits per heavy atom. The summed E-state index contributed by atoms with van der Waals surface area (Å²) >= 11 is 0. The maximum absolute atomic E-state index is 12.1. The number of rotatable bonds is 6. The van der Waals surface area contributed by atoms with Crippen LogP contribution in [0.5, 0.6) is 0 Å². The van der Waals surface area contributed by atoms with Gasteiger partial charge in [-0.1, -0.05) is 12.8 Å². The van der Waals surface area contributed by atoms with E-state index in [0.29, 0.717) is 19.4 Å². The number of carbonyl (C=O) groups is 2. The molecule has 1 heterocycles. The minimum Gasteiger partial charge on any atom is -0.550 e. The van der Waals surface area contributed by atoms with E-state index in [1.807, 2.05) is 10.8 Å². The topological polar surface area (TPSA) is 87.0 Å². The molecule has 0 aromatic carbocycles. The molecule has 1 aliphatic carbocycles. The molecule has 1 aromatic rings. The molecule has 2 rings (SSSR count). The molecule has 1 aliphatic rings. The quantitative estimate of drug-likeness (QED) is 0.739. The molecule has 0 bridgehead atoms. The normalized spacial score (nSPS) is 22.4. The van der Waals surface area contributed by atoms with Crippen molar-refractivity contribution in [3.8, 4) is 0 Å². The Bertz CT molecular complexity index is 445. The molecule has 0 unspecified atom stereocenters. The number of amides is 1. The Kier molecular flexibility index (Phi) is 5.15. The summed E-state index contributed by atoms with van der Waals surface area (Å²) in [6, 6.07) is 0. The fraction of sp³-hybridized carbons (Fsp3) is 0.643. The largest absolute Gasteiger partial charge is 0.550 e. The van der Waals surface area contributed by atoms with Gasteiger partial charge in [0.1, 0.15) is 0 Å². The van der Waals surface area contributed by atoms with Crippen molar-refractivity contribution < 1.29 is 14.7 Å². The number of aliphatic carboxylic acids is 1. The van der Waals surface area contributed by atoms with Crippen LogP contribution in [0.3, 0.4) is 0 Å². The number of nitrogens with zero attached hydrogens (tertiary/aromatic N) is 2. The Morgan fingerprint density at radius 2 is 2.05 bits per heavy atom. The molecule has 1 N–H and O–H groups in total. The van der Waals surface area contributed by atoms with Crippen LogP contribution in [0, 0.1) is 11.8 Å². The zero-order chi connectivity index (χ0) is 14.4. The lowest BCUT2D eigenvalue weighted by atomic mass is 9.79. The number of carbonyl (C=O) groups excluding carboxylic acids is 2. The summed E-state index contributed by atoms with van der Waals surface area (Å²) < 4.78 is 1.94. The number of imidazole rings is 1. The predicted molar refractivity (Wildman–Crippen MR) is 70.3 cm³/mol. The highest BCUT2D eigenvalue weighted by molar-refractivity contribution is 5.84. The standard InChI is InChI=1S/C14H21N3O3/c18-13(11-4-1-2-5-12(11)14(19)20)16-6-3-8-17-9-7-15-10-17/h7,9-12H,1-6,8H2,(H,16,18)(H,19,20)/p-1/t11-,12+/m0/s1. The van der Waals surface area contributed by atoms with Crippen LogP contribution in [0.25, 0.3) is 0 Å². The van der Waals surface area contributed by atoms with Gasteiger partial charge in [0.05, 0.1) is 6.33 Å². The van der Waals surface area contributed by atoms with Crippen molar-refractivity contribution in [2.75, 3.05) is 6.54 Å². The molecule has 110 valence electrons. The molecule has 1 aromatic heterocycles. The molecule has 0 saturated heterocycles. The molecule has 0 spiro atoms. The van der Waals surface area contributed by atoms with Crippen LogP contribution in [0.4, 0.5) is 0 Å². The predicted octanol–water partition coefficient (Wildman–Crippen LogP) is -0.0543. The zero-order valence-corrected chi connectivity index (χ0v) is 11.5. The second kappa shape index (κ2) is 7.07. The molecular weight excluding hydrogens is 258 g/mol. The summed E-state index contributed by atoms with van der Waals surface area (Å²) in [6.07, 6.45) is 9.08. The molecule has 20 heavy (non-hydrogen) atoms. The molecule has 6 nitrogen and oxygen atoms in total. The summed E-state index contributed by atoms with van der Waals surface area (Å²) in [5.74, 6) is -2.30. The number of nitrogens with one attached hydrogen (secondary N) is 1. The van der Waals surface area contributed by atoms with E-state index in [4.69, 9.17) is 0 Å². The molecule has 0 aliphatic heterocycles. The lowest BCUT2D eigenvalue weighted by molar-refractivity contribution is -0.314. The number of aromatic nitrogens is 2. The first-order chi connectivity index (χ1) is 9.68. The highest BCUT2D eigenvalue weighted by atomic mass is 16.4. The lowest BCUT2D eigenvalue weighted by Gasteiger charge is -2.31. The van der Waals surface area contributed by atoms with Crippen molar-refractivity contribution in [1.29, 1.82) is 0 Å². The van der Waals surface area contributed by atoms with E-state index in [9.17, 15) is 14.7 Å². The van der Waals surface area contributed by atoms with Crippen LogP contribution >= 0.6 is 0 Å². The molecule has 1 fully saturated rings. The van der Waals surface area contributed by atoms with Gasteiger partial charge >= 0.3 is 0 Å². The average molecular weight is 278 g/mol. The maximum atomic E-state index is 12.1. The van der Waals surface area contributed by atoms with Crippen LogP contribution in [0.1, 0.15) is 32.1 Å². The van der Waals surface area contributed by atoms with Crippen LogP contribution in [-0.2, 0) is 16.1 Å². The van der Waals surface area contributed by atoms with Crippen molar-refractivity contribution in [2.45, 2.75) is 38.6 Å². The number of aryl methyl sites for hydroxylation is 1. The van der Waals surface area contributed by atoms with Gasteiger partial charge in [0.25, 0.3) is 0 Å². The summed E-state index contributed by atoms with van der Waals surface area (Å²) in [6.45, 7) is 1.34. The molecule has 1 amide bonds. The van der Waals surface area contributed by atoms with Gasteiger partial charge in [0.2, 0.25) is 5.91 Å². The van der Waals surface area contributed by atoms with Gasteiger partial charge in [0, 0.05) is 43.3 Å². The average Bonchev–Trinajstić information content (AvgIpc) is 2.96. The first-order valence-corrected chi connectivity index (χ1v) is 7.13. The van der Waals surface area contributed by atoms with Crippen LogP contribution in [-0.4, -0.2) is 28.0 Å². The van der Waals surface area contributed by atoms with Crippen LogP contribution in [0.15, 0.2) is 18.7 Å². The molecule has 1 saturated carbocycles. The first kappa shape index (κ1) is 14.6. The van der Waals surface area contributed by atoms with Crippen molar-refractivity contribution in [1.82, 2.24) is 14.9 Å². The fourth-order valence-corrected chi connectivity index (χ4v) is 2.75. The first-order valence-electron chi connectivity index (χ1n) is 7.13. The van der Waals surface area contributed by atoms with Gasteiger partial charge in [-0.25, -0.2) is 4.98 Å². The number of hydrogen-bond acceptors (Lipinski definition) is 4. The van der Waals surface area contributed by atoms with Crippen molar-refractivity contribution in [2.24, 2.45) is 11.8 Å². The van der Waals surface area contributed by atoms with Gasteiger partial charge in [-0.3, -0.25) is 4.79 Å². The highest BCUT2D eigenvalue weighted by Gasteiger charge is 2.31. The van der Waals surface area contributed by atoms with Gasteiger partial charge in [-0.05, 0) is 19.3 Å². The van der Waals surface area contributed by atoms with E-state index in [1.54, 1.807) is 12.5 Å². The van der Waals surface area contributed by atoms with Gasteiger partial charge in [-0.2, -0.15) is 0 Å². The number of carboxylic acid groups (broad SMARTS) is 1. The second-order valence-corrected chi connectivity index (χ2v) is 5.26. The third-order valence-corrected chi connectivity index (χ3v) is 3.86. The van der Waals surface area contributed by atoms with Gasteiger partial charge < -0.3 is 19.8 Å². The molecule has 6 heteroatoms. The Hall–Kier alpha value is -1.85. The van der Waals surface area contributed by atoms with E-state index < -0.39 is 17.8 Å². The number of hydrogen-bond donors (Lipinski definition) is 1. The van der Waals surface area contributed by atoms with Crippen molar-refractivity contribution in [3.05, 3.63) is 18.7 Å². The minimum atomic E-state index is -1.09. The Morgan fingerprint density at radius 1 is 1.30 bits per heavy atom. The molecule has 0 radical (unpaired) electrons. The second-order valence-electron chi connectivity index (χ2n) is 5.26. The van der Waals surface area contributed by atoms with E-state index in [0.717, 1.165) is 25.8 Å². The fourth-order valence-electron chi connectivity index (χ4n) is 2.75. The Labute approximate surface area is 118 Å². The smallest absolute Gasteiger partial charge is 0.223 e. The SMILES string of the molecule is O=C(NCCCn1ccnc1)[C@H]1CCCC[C@H]1C(=O)[O-]. The third kappa shape index (κ3) is 3.82. The maximum Gasteiger partial charge on any atom is 0.223 e. The summed E-state index contributed by atoms with van der Waals surface area (Å²) in [5, 5.41) is 13.9. The Balaban J connectivity index is 1.74. The van der Waals surface area contributed by atoms with Gasteiger partial charge in [-0.15, -0.1) is 0 Å². The summed E-state index contributed by atoms with van der Waals surface area (Å²) in [5.41, 5.74) is 0. The summed E-state index contributed by atoms with van der Waals surface area (Å²) in [4.78, 5) is 27.0. The lowest BCUT2D eigenvalue weighted by Crippen LogP contribution is -2.44. The third-order valence-electron chi connectivity index (χ3n) is 3.86. The highest BCUT2D eigenvalue weighted by Crippen LogP contribution is 2.29. The van der Waals surface area contributed by atoms with E-state index in [2.05, 4.69) is 10.3 Å². The van der Waals surface area contributed by atoms with E-state index in [-0.39, 0.29) is 5.91 Å². The zero-order valence-electron chi connectivity index (χ0n) is 11.5. The molecule has 2 atom stereocenters. The molecular formula is C14H20N3O3-. The van der Waals surface area contributed by atoms with Crippen molar-refractivity contribution in [3.63, 3.8) is 0 Å². The monoisotopic (exact) mass is 278 g/mol. The van der Waals surface area contributed by atoms with Crippen LogP contribution in [0.2, 0.25) is 0 Å². The van der Waals surface area contributed by atoms with E-state index >= 15 is 0 Å². The van der Waals surface area contributed by atoms with Gasteiger partial charge in [0.15, 0.2) is 0 Å². The summed E-state index contributed by atoms with van der Waals surface area (Å²) in [7, 11) is 0.